The monoisotopic (exact) mass is 348 g/mol. The molecule has 25 heavy (non-hydrogen) atoms. The molecule has 0 bridgehead atoms. The van der Waals surface area contributed by atoms with Crippen molar-refractivity contribution in [3.63, 3.8) is 0 Å². The van der Waals surface area contributed by atoms with Crippen LogP contribution in [0.1, 0.15) is 24.7 Å². The van der Waals surface area contributed by atoms with Crippen molar-refractivity contribution in [1.29, 1.82) is 0 Å². The van der Waals surface area contributed by atoms with Gasteiger partial charge in [0.15, 0.2) is 0 Å². The number of halogens is 1. The molecule has 3 rings (SSSR count). The van der Waals surface area contributed by atoms with E-state index in [-0.39, 0.29) is 17.8 Å². The Kier molecular flexibility index (Phi) is 5.60. The third kappa shape index (κ3) is 4.33. The van der Waals surface area contributed by atoms with Gasteiger partial charge in [-0.25, -0.2) is 9.18 Å². The molecule has 1 aromatic heterocycles. The van der Waals surface area contributed by atoms with E-state index in [2.05, 4.69) is 15.5 Å². The first-order valence-corrected chi connectivity index (χ1v) is 8.28. The maximum absolute atomic E-state index is 13.0. The van der Waals surface area contributed by atoms with Crippen molar-refractivity contribution in [3.05, 3.63) is 36.0 Å². The number of hydrogen-bond donors (Lipinski definition) is 1. The Morgan fingerprint density at radius 2 is 2.24 bits per heavy atom. The van der Waals surface area contributed by atoms with E-state index in [1.165, 1.54) is 12.1 Å². The number of amides is 2. The molecule has 1 aliphatic rings. The molecule has 1 saturated heterocycles. The zero-order valence-electron chi connectivity index (χ0n) is 14.1. The number of nitrogens with one attached hydrogen (secondary N) is 1. The standard InChI is InChI=1S/C17H21FN4O3/c1-24-10-8-19-17(23)22-9-2-3-13(11-22)16-20-15(21-25-16)12-4-6-14(18)7-5-12/h4-7,13H,2-3,8-11H2,1H3,(H,19,23)/t13-/m1/s1. The summed E-state index contributed by atoms with van der Waals surface area (Å²) in [5, 5.41) is 6.80. The topological polar surface area (TPSA) is 80.5 Å². The molecule has 0 saturated carbocycles. The maximum Gasteiger partial charge on any atom is 0.317 e. The Bertz CT molecular complexity index is 704. The number of ether oxygens (including phenoxy) is 1. The van der Waals surface area contributed by atoms with Crippen LogP contribution >= 0.6 is 0 Å². The lowest BCUT2D eigenvalue weighted by atomic mass is 9.98. The van der Waals surface area contributed by atoms with E-state index in [0.717, 1.165) is 12.8 Å². The number of benzene rings is 1. The quantitative estimate of drug-likeness (QED) is 0.839. The van der Waals surface area contributed by atoms with Crippen molar-refractivity contribution < 1.29 is 18.4 Å². The summed E-state index contributed by atoms with van der Waals surface area (Å²) in [6, 6.07) is 5.83. The number of rotatable bonds is 5. The van der Waals surface area contributed by atoms with Crippen LogP contribution in [-0.2, 0) is 4.74 Å². The average molecular weight is 348 g/mol. The highest BCUT2D eigenvalue weighted by Crippen LogP contribution is 2.27. The van der Waals surface area contributed by atoms with Crippen molar-refractivity contribution in [2.24, 2.45) is 0 Å². The highest BCUT2D eigenvalue weighted by Gasteiger charge is 2.28. The summed E-state index contributed by atoms with van der Waals surface area (Å²) in [7, 11) is 1.59. The predicted molar refractivity (Wildman–Crippen MR) is 88.5 cm³/mol. The SMILES string of the molecule is COCCNC(=O)N1CCC[C@@H](c2nc(-c3ccc(F)cc3)no2)C1. The van der Waals surface area contributed by atoms with Gasteiger partial charge in [-0.2, -0.15) is 4.98 Å². The Hall–Kier alpha value is -2.48. The molecule has 1 aromatic carbocycles. The second-order valence-electron chi connectivity index (χ2n) is 5.97. The number of likely N-dealkylation sites (tertiary alicyclic amines) is 1. The minimum Gasteiger partial charge on any atom is -0.383 e. The molecule has 1 aliphatic heterocycles. The van der Waals surface area contributed by atoms with Crippen molar-refractivity contribution in [1.82, 2.24) is 20.4 Å². The lowest BCUT2D eigenvalue weighted by Crippen LogP contribution is -2.45. The number of urea groups is 1. The highest BCUT2D eigenvalue weighted by molar-refractivity contribution is 5.74. The van der Waals surface area contributed by atoms with Crippen LogP contribution in [0.25, 0.3) is 11.4 Å². The molecule has 1 atom stereocenters. The molecule has 1 fully saturated rings. The number of piperidine rings is 1. The van der Waals surface area contributed by atoms with Crippen molar-refractivity contribution >= 4 is 6.03 Å². The second-order valence-corrected chi connectivity index (χ2v) is 5.97. The van der Waals surface area contributed by atoms with Crippen LogP contribution in [0.3, 0.4) is 0 Å². The van der Waals surface area contributed by atoms with Crippen molar-refractivity contribution in [3.8, 4) is 11.4 Å². The predicted octanol–water partition coefficient (Wildman–Crippen LogP) is 2.41. The van der Waals surface area contributed by atoms with Gasteiger partial charge in [-0.15, -0.1) is 0 Å². The van der Waals surface area contributed by atoms with Gasteiger partial charge < -0.3 is 19.5 Å². The Morgan fingerprint density at radius 3 is 3.00 bits per heavy atom. The van der Waals surface area contributed by atoms with Gasteiger partial charge in [-0.05, 0) is 37.1 Å². The smallest absolute Gasteiger partial charge is 0.317 e. The summed E-state index contributed by atoms with van der Waals surface area (Å²) >= 11 is 0. The number of carbonyl (C=O) groups is 1. The fourth-order valence-corrected chi connectivity index (χ4v) is 2.85. The maximum atomic E-state index is 13.0. The third-order valence-corrected chi connectivity index (χ3v) is 4.18. The second kappa shape index (κ2) is 8.06. The zero-order chi connectivity index (χ0) is 17.6. The molecule has 0 aliphatic carbocycles. The van der Waals surface area contributed by atoms with Gasteiger partial charge in [0.2, 0.25) is 11.7 Å². The van der Waals surface area contributed by atoms with Gasteiger partial charge in [0.05, 0.1) is 12.5 Å². The van der Waals surface area contributed by atoms with Crippen LogP contribution in [-0.4, -0.2) is 54.4 Å². The van der Waals surface area contributed by atoms with Crippen LogP contribution in [0.15, 0.2) is 28.8 Å². The normalized spacial score (nSPS) is 17.5. The van der Waals surface area contributed by atoms with E-state index in [0.29, 0.717) is 43.5 Å². The molecule has 0 spiro atoms. The largest absolute Gasteiger partial charge is 0.383 e. The Labute approximate surface area is 145 Å². The van der Waals surface area contributed by atoms with Gasteiger partial charge in [0.1, 0.15) is 5.82 Å². The van der Waals surface area contributed by atoms with E-state index in [9.17, 15) is 9.18 Å². The zero-order valence-corrected chi connectivity index (χ0v) is 14.1. The van der Waals surface area contributed by atoms with E-state index in [4.69, 9.17) is 9.26 Å². The van der Waals surface area contributed by atoms with Crippen LogP contribution in [0.2, 0.25) is 0 Å². The van der Waals surface area contributed by atoms with Crippen LogP contribution in [0, 0.1) is 5.82 Å². The molecule has 2 aromatic rings. The summed E-state index contributed by atoms with van der Waals surface area (Å²) in [5.74, 6) is 0.629. The third-order valence-electron chi connectivity index (χ3n) is 4.18. The number of hydrogen-bond acceptors (Lipinski definition) is 5. The van der Waals surface area contributed by atoms with E-state index in [1.54, 1.807) is 24.1 Å². The molecular weight excluding hydrogens is 327 g/mol. The molecule has 7 nitrogen and oxygen atoms in total. The first-order valence-electron chi connectivity index (χ1n) is 8.28. The summed E-state index contributed by atoms with van der Waals surface area (Å²) in [6.45, 7) is 2.19. The minimum absolute atomic E-state index is 0.00336. The van der Waals surface area contributed by atoms with Gasteiger partial charge in [-0.1, -0.05) is 5.16 Å². The fourth-order valence-electron chi connectivity index (χ4n) is 2.85. The first kappa shape index (κ1) is 17.3. The number of nitrogens with zero attached hydrogens (tertiary/aromatic N) is 3. The summed E-state index contributed by atoms with van der Waals surface area (Å²) in [6.07, 6.45) is 1.75. The van der Waals surface area contributed by atoms with Gasteiger partial charge in [-0.3, -0.25) is 0 Å². The molecule has 1 N–H and O–H groups in total. The van der Waals surface area contributed by atoms with E-state index < -0.39 is 0 Å². The van der Waals surface area contributed by atoms with Crippen LogP contribution < -0.4 is 5.32 Å². The lowest BCUT2D eigenvalue weighted by Gasteiger charge is -2.31. The van der Waals surface area contributed by atoms with Gasteiger partial charge in [0, 0.05) is 32.3 Å². The van der Waals surface area contributed by atoms with Gasteiger partial charge in [0.25, 0.3) is 0 Å². The molecule has 8 heteroatoms. The summed E-state index contributed by atoms with van der Waals surface area (Å²) in [5.41, 5.74) is 0.696. The lowest BCUT2D eigenvalue weighted by molar-refractivity contribution is 0.163. The highest BCUT2D eigenvalue weighted by atomic mass is 19.1. The van der Waals surface area contributed by atoms with Gasteiger partial charge >= 0.3 is 6.03 Å². The van der Waals surface area contributed by atoms with Crippen LogP contribution in [0.5, 0.6) is 0 Å². The summed E-state index contributed by atoms with van der Waals surface area (Å²) < 4.78 is 23.3. The van der Waals surface area contributed by atoms with Crippen molar-refractivity contribution in [2.45, 2.75) is 18.8 Å². The molecule has 2 heterocycles. The van der Waals surface area contributed by atoms with E-state index >= 15 is 0 Å². The van der Waals surface area contributed by atoms with Crippen LogP contribution in [0.4, 0.5) is 9.18 Å². The average Bonchev–Trinajstić information content (AvgIpc) is 3.13. The van der Waals surface area contributed by atoms with E-state index in [1.807, 2.05) is 0 Å². The Balaban J connectivity index is 1.63. The fraction of sp³-hybridized carbons (Fsp3) is 0.471. The summed E-state index contributed by atoms with van der Waals surface area (Å²) in [4.78, 5) is 18.3. The molecular formula is C17H21FN4O3. The minimum atomic E-state index is -0.310. The molecule has 2 amide bonds. The Morgan fingerprint density at radius 1 is 1.44 bits per heavy atom. The number of carbonyl (C=O) groups excluding carboxylic acids is 1. The molecule has 0 unspecified atom stereocenters. The molecule has 0 radical (unpaired) electrons. The number of methoxy groups -OCH3 is 1. The molecule has 134 valence electrons. The van der Waals surface area contributed by atoms with Crippen molar-refractivity contribution in [2.75, 3.05) is 33.4 Å². The number of aromatic nitrogens is 2. The first-order chi connectivity index (χ1) is 12.2.